The first kappa shape index (κ1) is 20.5. The van der Waals surface area contributed by atoms with Crippen molar-refractivity contribution in [1.29, 1.82) is 0 Å². The molecule has 0 bridgehead atoms. The first-order chi connectivity index (χ1) is 14.3. The Kier molecular flexibility index (Phi) is 5.31. The van der Waals surface area contributed by atoms with Gasteiger partial charge in [0.25, 0.3) is 0 Å². The summed E-state index contributed by atoms with van der Waals surface area (Å²) in [5.74, 6) is -1.09. The lowest BCUT2D eigenvalue weighted by atomic mass is 9.61. The second kappa shape index (κ2) is 7.78. The zero-order chi connectivity index (χ0) is 21.5. The molecule has 5 nitrogen and oxygen atoms in total. The third kappa shape index (κ3) is 3.47. The van der Waals surface area contributed by atoms with Crippen molar-refractivity contribution in [2.45, 2.75) is 45.6 Å². The molecule has 3 atom stereocenters. The van der Waals surface area contributed by atoms with Crippen molar-refractivity contribution in [2.24, 2.45) is 17.3 Å². The number of amides is 1. The number of nitrogens with one attached hydrogen (secondary N) is 1. The van der Waals surface area contributed by atoms with E-state index in [0.717, 1.165) is 0 Å². The molecule has 1 saturated carbocycles. The Labute approximate surface area is 177 Å². The van der Waals surface area contributed by atoms with E-state index in [1.807, 2.05) is 45.0 Å². The Bertz CT molecular complexity index is 922. The van der Waals surface area contributed by atoms with Crippen LogP contribution in [0.25, 0.3) is 11.1 Å². The van der Waals surface area contributed by atoms with E-state index in [9.17, 15) is 14.7 Å². The van der Waals surface area contributed by atoms with Gasteiger partial charge in [-0.25, -0.2) is 4.79 Å². The zero-order valence-corrected chi connectivity index (χ0v) is 17.7. The maximum Gasteiger partial charge on any atom is 0.407 e. The smallest absolute Gasteiger partial charge is 0.407 e. The summed E-state index contributed by atoms with van der Waals surface area (Å²) in [5, 5.41) is 12.5. The van der Waals surface area contributed by atoms with Gasteiger partial charge in [-0.15, -0.1) is 0 Å². The van der Waals surface area contributed by atoms with Crippen LogP contribution in [-0.4, -0.2) is 29.8 Å². The number of carbonyl (C=O) groups is 2. The molecule has 4 rings (SSSR count). The van der Waals surface area contributed by atoms with Crippen molar-refractivity contribution in [1.82, 2.24) is 5.32 Å². The van der Waals surface area contributed by atoms with Gasteiger partial charge in [0.1, 0.15) is 6.61 Å². The second-order valence-corrected chi connectivity index (χ2v) is 9.15. The molecule has 0 radical (unpaired) electrons. The van der Waals surface area contributed by atoms with Crippen LogP contribution in [0, 0.1) is 17.3 Å². The predicted molar refractivity (Wildman–Crippen MR) is 115 cm³/mol. The van der Waals surface area contributed by atoms with Gasteiger partial charge in [-0.05, 0) is 46.4 Å². The minimum atomic E-state index is -0.758. The molecule has 0 aliphatic heterocycles. The number of benzene rings is 2. The van der Waals surface area contributed by atoms with Crippen LogP contribution in [-0.2, 0) is 9.53 Å². The van der Waals surface area contributed by atoms with Crippen LogP contribution in [0.1, 0.15) is 50.7 Å². The highest BCUT2D eigenvalue weighted by Gasteiger charge is 2.46. The summed E-state index contributed by atoms with van der Waals surface area (Å²) in [6, 6.07) is 16.4. The van der Waals surface area contributed by atoms with Crippen LogP contribution < -0.4 is 5.32 Å². The van der Waals surface area contributed by atoms with Crippen molar-refractivity contribution in [2.75, 3.05) is 6.61 Å². The quantitative estimate of drug-likeness (QED) is 0.744. The highest BCUT2D eigenvalue weighted by atomic mass is 16.5. The van der Waals surface area contributed by atoms with E-state index in [2.05, 4.69) is 29.6 Å². The molecule has 0 spiro atoms. The van der Waals surface area contributed by atoms with Gasteiger partial charge in [0, 0.05) is 12.0 Å². The van der Waals surface area contributed by atoms with Crippen LogP contribution in [0.15, 0.2) is 48.5 Å². The van der Waals surface area contributed by atoms with E-state index in [0.29, 0.717) is 12.8 Å². The molecule has 2 aliphatic carbocycles. The number of aliphatic carboxylic acids is 1. The normalized spacial score (nSPS) is 24.6. The average Bonchev–Trinajstić information content (AvgIpc) is 3.03. The number of hydrogen-bond acceptors (Lipinski definition) is 3. The maximum atomic E-state index is 12.6. The SMILES string of the molecule is CC1C(NC(=O)OCC2c3ccccc3-c3ccccc32)CCC(C(=O)O)C1(C)C. The molecule has 2 aromatic carbocycles. The number of carboxylic acid groups (broad SMARTS) is 1. The first-order valence-corrected chi connectivity index (χ1v) is 10.6. The molecular formula is C25H29NO4. The summed E-state index contributed by atoms with van der Waals surface area (Å²) >= 11 is 0. The molecule has 3 unspecified atom stereocenters. The lowest BCUT2D eigenvalue weighted by Gasteiger charge is -2.46. The van der Waals surface area contributed by atoms with Crippen molar-refractivity contribution in [3.8, 4) is 11.1 Å². The number of ether oxygens (including phenoxy) is 1. The Balaban J connectivity index is 1.42. The Hall–Kier alpha value is -2.82. The molecule has 30 heavy (non-hydrogen) atoms. The number of carboxylic acids is 1. The lowest BCUT2D eigenvalue weighted by Crippen LogP contribution is -2.52. The van der Waals surface area contributed by atoms with Crippen molar-refractivity contribution < 1.29 is 19.4 Å². The molecule has 2 aromatic rings. The molecule has 2 N–H and O–H groups in total. The highest BCUT2D eigenvalue weighted by molar-refractivity contribution is 5.79. The summed E-state index contributed by atoms with van der Waals surface area (Å²) in [4.78, 5) is 24.2. The van der Waals surface area contributed by atoms with Crippen molar-refractivity contribution >= 4 is 12.1 Å². The van der Waals surface area contributed by atoms with E-state index in [1.165, 1.54) is 22.3 Å². The molecule has 0 saturated heterocycles. The van der Waals surface area contributed by atoms with Gasteiger partial charge in [-0.2, -0.15) is 0 Å². The third-order valence-corrected chi connectivity index (χ3v) is 7.39. The second-order valence-electron chi connectivity index (χ2n) is 9.15. The van der Waals surface area contributed by atoms with Gasteiger partial charge in [0.15, 0.2) is 0 Å². The van der Waals surface area contributed by atoms with Crippen LogP contribution in [0.4, 0.5) is 4.79 Å². The number of fused-ring (bicyclic) bond motifs is 3. The highest BCUT2D eigenvalue weighted by Crippen LogP contribution is 2.46. The van der Waals surface area contributed by atoms with Crippen molar-refractivity contribution in [3.63, 3.8) is 0 Å². The van der Waals surface area contributed by atoms with E-state index in [1.54, 1.807) is 0 Å². The summed E-state index contributed by atoms with van der Waals surface area (Å²) in [5.41, 5.74) is 4.37. The molecule has 1 amide bonds. The largest absolute Gasteiger partial charge is 0.481 e. The molecule has 0 aromatic heterocycles. The Morgan fingerprint density at radius 3 is 2.17 bits per heavy atom. The maximum absolute atomic E-state index is 12.6. The molecule has 1 fully saturated rings. The van der Waals surface area contributed by atoms with E-state index in [-0.39, 0.29) is 24.5 Å². The monoisotopic (exact) mass is 407 g/mol. The minimum absolute atomic E-state index is 0.0276. The zero-order valence-electron chi connectivity index (χ0n) is 17.7. The van der Waals surface area contributed by atoms with Gasteiger partial charge in [0.05, 0.1) is 5.92 Å². The summed E-state index contributed by atoms with van der Waals surface area (Å²) in [7, 11) is 0. The van der Waals surface area contributed by atoms with Crippen molar-refractivity contribution in [3.05, 3.63) is 59.7 Å². The van der Waals surface area contributed by atoms with Gasteiger partial charge < -0.3 is 15.2 Å². The standard InChI is InChI=1S/C25H29NO4/c1-15-22(13-12-21(23(27)28)25(15,2)3)26-24(29)30-14-20-18-10-6-4-8-16(18)17-9-5-7-11-19(17)20/h4-11,15,20-22H,12-14H2,1-3H3,(H,26,29)(H,27,28). The lowest BCUT2D eigenvalue weighted by molar-refractivity contribution is -0.150. The topological polar surface area (TPSA) is 75.6 Å². The number of rotatable bonds is 4. The Morgan fingerprint density at radius 2 is 1.60 bits per heavy atom. The number of alkyl carbamates (subject to hydrolysis) is 1. The third-order valence-electron chi connectivity index (χ3n) is 7.39. The predicted octanol–water partition coefficient (Wildman–Crippen LogP) is 5.05. The molecule has 5 heteroatoms. The number of hydrogen-bond donors (Lipinski definition) is 2. The molecule has 158 valence electrons. The first-order valence-electron chi connectivity index (χ1n) is 10.6. The van der Waals surface area contributed by atoms with E-state index < -0.39 is 23.4 Å². The van der Waals surface area contributed by atoms with Crippen LogP contribution in [0.3, 0.4) is 0 Å². The summed E-state index contributed by atoms with van der Waals surface area (Å²) < 4.78 is 5.67. The fraction of sp³-hybridized carbons (Fsp3) is 0.440. The Morgan fingerprint density at radius 1 is 1.03 bits per heavy atom. The van der Waals surface area contributed by atoms with Gasteiger partial charge >= 0.3 is 12.1 Å². The van der Waals surface area contributed by atoms with E-state index in [4.69, 9.17) is 4.74 Å². The fourth-order valence-corrected chi connectivity index (χ4v) is 5.23. The van der Waals surface area contributed by atoms with E-state index >= 15 is 0 Å². The summed E-state index contributed by atoms with van der Waals surface area (Å²) in [6.07, 6.45) is 0.769. The minimum Gasteiger partial charge on any atom is -0.481 e. The van der Waals surface area contributed by atoms with Gasteiger partial charge in [-0.3, -0.25) is 4.79 Å². The van der Waals surface area contributed by atoms with Gasteiger partial charge in [0.2, 0.25) is 0 Å². The van der Waals surface area contributed by atoms with Crippen LogP contribution in [0.2, 0.25) is 0 Å². The molecule has 2 aliphatic rings. The van der Waals surface area contributed by atoms with Crippen LogP contribution in [0.5, 0.6) is 0 Å². The molecule has 0 heterocycles. The summed E-state index contributed by atoms with van der Waals surface area (Å²) in [6.45, 7) is 6.25. The molecular weight excluding hydrogens is 378 g/mol. The number of carbonyl (C=O) groups excluding carboxylic acids is 1. The average molecular weight is 408 g/mol. The fourth-order valence-electron chi connectivity index (χ4n) is 5.23. The van der Waals surface area contributed by atoms with Gasteiger partial charge in [-0.1, -0.05) is 69.3 Å². The van der Waals surface area contributed by atoms with Crippen LogP contribution >= 0.6 is 0 Å².